The molecule has 0 bridgehead atoms. The van der Waals surface area contributed by atoms with Gasteiger partial charge in [-0.2, -0.15) is 5.10 Å². The number of rotatable bonds is 6. The van der Waals surface area contributed by atoms with Gasteiger partial charge in [-0.05, 0) is 69.3 Å². The number of aromatic nitrogens is 1. The summed E-state index contributed by atoms with van der Waals surface area (Å²) in [6.45, 7) is 6.47. The van der Waals surface area contributed by atoms with Crippen LogP contribution < -0.4 is 15.5 Å². The molecule has 0 unspecified atom stereocenters. The van der Waals surface area contributed by atoms with Crippen LogP contribution in [-0.2, 0) is 9.59 Å². The summed E-state index contributed by atoms with van der Waals surface area (Å²) in [7, 11) is 0. The molecule has 0 saturated carbocycles. The Kier molecular flexibility index (Phi) is 7.56. The summed E-state index contributed by atoms with van der Waals surface area (Å²) in [6.07, 6.45) is 1.49. The minimum absolute atomic E-state index is 0.311. The molecular formula is C23H22Cl2N4O3. The lowest BCUT2D eigenvalue weighted by Gasteiger charge is -2.10. The molecule has 2 aromatic carbocycles. The van der Waals surface area contributed by atoms with Crippen LogP contribution in [0.2, 0.25) is 10.0 Å². The topological polar surface area (TPSA) is 84.7 Å². The number of anilines is 1. The Hall–Kier alpha value is -3.29. The van der Waals surface area contributed by atoms with E-state index in [0.717, 1.165) is 28.4 Å². The van der Waals surface area contributed by atoms with Crippen molar-refractivity contribution in [2.24, 2.45) is 5.10 Å². The fourth-order valence-electron chi connectivity index (χ4n) is 3.20. The van der Waals surface area contributed by atoms with Gasteiger partial charge < -0.3 is 14.6 Å². The van der Waals surface area contributed by atoms with E-state index < -0.39 is 11.8 Å². The summed E-state index contributed by atoms with van der Waals surface area (Å²) in [5, 5.41) is 7.02. The lowest BCUT2D eigenvalue weighted by atomic mass is 10.2. The second kappa shape index (κ2) is 10.3. The Labute approximate surface area is 196 Å². The van der Waals surface area contributed by atoms with E-state index in [1.54, 1.807) is 0 Å². The highest BCUT2D eigenvalue weighted by molar-refractivity contribution is 6.40. The SMILES string of the molecule is CCOc1ccc(-n2c(C)cc(/C=N\NC(=O)C(=O)Nc3cc(Cl)cc(Cl)c3)c2C)cc1. The number of carbonyl (C=O) groups excluding carboxylic acids is 2. The van der Waals surface area contributed by atoms with Gasteiger partial charge in [-0.15, -0.1) is 0 Å². The fraction of sp³-hybridized carbons (Fsp3) is 0.174. The zero-order valence-electron chi connectivity index (χ0n) is 17.8. The molecule has 32 heavy (non-hydrogen) atoms. The van der Waals surface area contributed by atoms with Gasteiger partial charge in [-0.25, -0.2) is 5.43 Å². The van der Waals surface area contributed by atoms with Crippen molar-refractivity contribution in [3.63, 3.8) is 0 Å². The minimum Gasteiger partial charge on any atom is -0.494 e. The second-order valence-electron chi connectivity index (χ2n) is 6.90. The van der Waals surface area contributed by atoms with E-state index >= 15 is 0 Å². The summed E-state index contributed by atoms with van der Waals surface area (Å²) in [4.78, 5) is 24.1. The van der Waals surface area contributed by atoms with Crippen molar-refractivity contribution in [1.82, 2.24) is 9.99 Å². The van der Waals surface area contributed by atoms with Crippen LogP contribution in [0, 0.1) is 13.8 Å². The maximum absolute atomic E-state index is 12.1. The molecule has 1 aromatic heterocycles. The van der Waals surface area contributed by atoms with Gasteiger partial charge in [0, 0.05) is 38.4 Å². The average Bonchev–Trinajstić information content (AvgIpc) is 3.01. The number of benzene rings is 2. The van der Waals surface area contributed by atoms with E-state index in [4.69, 9.17) is 27.9 Å². The normalized spacial score (nSPS) is 10.9. The van der Waals surface area contributed by atoms with Crippen LogP contribution in [0.25, 0.3) is 5.69 Å². The summed E-state index contributed by atoms with van der Waals surface area (Å²) >= 11 is 11.8. The van der Waals surface area contributed by atoms with Crippen LogP contribution in [0.1, 0.15) is 23.9 Å². The molecule has 0 atom stereocenters. The number of halogens is 2. The maximum Gasteiger partial charge on any atom is 0.329 e. The van der Waals surface area contributed by atoms with Crippen molar-refractivity contribution in [3.05, 3.63) is 75.5 Å². The van der Waals surface area contributed by atoms with E-state index in [0.29, 0.717) is 22.3 Å². The number of nitrogens with one attached hydrogen (secondary N) is 2. The quantitative estimate of drug-likeness (QED) is 0.304. The zero-order valence-corrected chi connectivity index (χ0v) is 19.3. The lowest BCUT2D eigenvalue weighted by Crippen LogP contribution is -2.32. The lowest BCUT2D eigenvalue weighted by molar-refractivity contribution is -0.136. The number of hydrogen-bond donors (Lipinski definition) is 2. The third kappa shape index (κ3) is 5.69. The van der Waals surface area contributed by atoms with Gasteiger partial charge >= 0.3 is 11.8 Å². The molecule has 0 aliphatic rings. The molecule has 9 heteroatoms. The Morgan fingerprint density at radius 1 is 1.03 bits per heavy atom. The molecule has 2 amide bonds. The number of hydrogen-bond acceptors (Lipinski definition) is 4. The standard InChI is InChI=1S/C23H22Cl2N4O3/c1-4-32-21-7-5-20(6-8-21)29-14(2)9-16(15(29)3)13-26-28-23(31)22(30)27-19-11-17(24)10-18(25)12-19/h5-13H,4H2,1-3H3,(H,27,30)(H,28,31)/b26-13-. The predicted octanol–water partition coefficient (Wildman–Crippen LogP) is 4.89. The van der Waals surface area contributed by atoms with Gasteiger partial charge in [-0.3, -0.25) is 9.59 Å². The Morgan fingerprint density at radius 3 is 2.31 bits per heavy atom. The van der Waals surface area contributed by atoms with Gasteiger partial charge in [0.05, 0.1) is 12.8 Å². The van der Waals surface area contributed by atoms with E-state index in [2.05, 4.69) is 20.4 Å². The molecule has 0 aliphatic carbocycles. The molecular weight excluding hydrogens is 451 g/mol. The molecule has 0 fully saturated rings. The van der Waals surface area contributed by atoms with Crippen molar-refractivity contribution in [1.29, 1.82) is 0 Å². The number of aryl methyl sites for hydroxylation is 1. The van der Waals surface area contributed by atoms with Gasteiger partial charge in [0.25, 0.3) is 0 Å². The molecule has 0 saturated heterocycles. The van der Waals surface area contributed by atoms with Gasteiger partial charge in [0.2, 0.25) is 0 Å². The highest BCUT2D eigenvalue weighted by Gasteiger charge is 2.14. The molecule has 166 valence electrons. The van der Waals surface area contributed by atoms with Gasteiger partial charge in [0.1, 0.15) is 5.75 Å². The molecule has 0 radical (unpaired) electrons. The van der Waals surface area contributed by atoms with E-state index in [1.807, 2.05) is 51.1 Å². The highest BCUT2D eigenvalue weighted by Crippen LogP contribution is 2.23. The van der Waals surface area contributed by atoms with Crippen molar-refractivity contribution in [2.75, 3.05) is 11.9 Å². The summed E-state index contributed by atoms with van der Waals surface area (Å²) in [5.41, 5.74) is 6.25. The van der Waals surface area contributed by atoms with Crippen LogP contribution in [0.5, 0.6) is 5.75 Å². The second-order valence-corrected chi connectivity index (χ2v) is 7.77. The van der Waals surface area contributed by atoms with Crippen molar-refractivity contribution in [2.45, 2.75) is 20.8 Å². The van der Waals surface area contributed by atoms with E-state index in [-0.39, 0.29) is 0 Å². The van der Waals surface area contributed by atoms with Crippen LogP contribution in [0.15, 0.2) is 53.6 Å². The van der Waals surface area contributed by atoms with E-state index in [1.165, 1.54) is 24.4 Å². The number of nitrogens with zero attached hydrogens (tertiary/aromatic N) is 2. The maximum atomic E-state index is 12.1. The van der Waals surface area contributed by atoms with Crippen molar-refractivity contribution in [3.8, 4) is 11.4 Å². The average molecular weight is 473 g/mol. The molecule has 0 aliphatic heterocycles. The molecule has 2 N–H and O–H groups in total. The van der Waals surface area contributed by atoms with Gasteiger partial charge in [-0.1, -0.05) is 23.2 Å². The summed E-state index contributed by atoms with van der Waals surface area (Å²) < 4.78 is 7.55. The molecule has 3 aromatic rings. The van der Waals surface area contributed by atoms with Crippen molar-refractivity contribution < 1.29 is 14.3 Å². The summed E-state index contributed by atoms with van der Waals surface area (Å²) in [5.74, 6) is -1.00. The Morgan fingerprint density at radius 2 is 1.69 bits per heavy atom. The van der Waals surface area contributed by atoms with Crippen LogP contribution in [0.4, 0.5) is 5.69 Å². The first-order valence-corrected chi connectivity index (χ1v) is 10.6. The van der Waals surface area contributed by atoms with Crippen LogP contribution in [-0.4, -0.2) is 29.2 Å². The Bertz CT molecular complexity index is 1150. The first-order valence-electron chi connectivity index (χ1n) is 9.81. The smallest absolute Gasteiger partial charge is 0.329 e. The molecule has 7 nitrogen and oxygen atoms in total. The first kappa shape index (κ1) is 23.4. The van der Waals surface area contributed by atoms with Crippen molar-refractivity contribution >= 4 is 46.9 Å². The molecule has 1 heterocycles. The number of amides is 2. The third-order valence-electron chi connectivity index (χ3n) is 4.57. The number of hydrazone groups is 1. The largest absolute Gasteiger partial charge is 0.494 e. The van der Waals surface area contributed by atoms with E-state index in [9.17, 15) is 9.59 Å². The fourth-order valence-corrected chi connectivity index (χ4v) is 3.72. The Balaban J connectivity index is 1.67. The minimum atomic E-state index is -0.919. The molecule has 0 spiro atoms. The van der Waals surface area contributed by atoms with Gasteiger partial charge in [0.15, 0.2) is 0 Å². The third-order valence-corrected chi connectivity index (χ3v) is 5.01. The summed E-state index contributed by atoms with van der Waals surface area (Å²) in [6, 6.07) is 14.2. The number of carbonyl (C=O) groups is 2. The van der Waals surface area contributed by atoms with Crippen LogP contribution >= 0.6 is 23.2 Å². The monoisotopic (exact) mass is 472 g/mol. The molecule has 3 rings (SSSR count). The zero-order chi connectivity index (χ0) is 23.3. The highest BCUT2D eigenvalue weighted by atomic mass is 35.5. The predicted molar refractivity (Wildman–Crippen MR) is 127 cm³/mol. The first-order chi connectivity index (χ1) is 15.3. The van der Waals surface area contributed by atoms with Crippen LogP contribution in [0.3, 0.4) is 0 Å². The number of ether oxygens (including phenoxy) is 1.